The van der Waals surface area contributed by atoms with Gasteiger partial charge in [0.05, 0.1) is 11.6 Å². The van der Waals surface area contributed by atoms with Gasteiger partial charge in [-0.3, -0.25) is 4.79 Å². The lowest BCUT2D eigenvalue weighted by atomic mass is 10.1. The monoisotopic (exact) mass is 314 g/mol. The molecule has 0 atom stereocenters. The van der Waals surface area contributed by atoms with Gasteiger partial charge < -0.3 is 10.5 Å². The van der Waals surface area contributed by atoms with E-state index in [4.69, 9.17) is 10.5 Å². The van der Waals surface area contributed by atoms with Crippen LogP contribution in [0.3, 0.4) is 0 Å². The molecule has 0 fully saturated rings. The molecule has 1 aromatic heterocycles. The van der Waals surface area contributed by atoms with Crippen molar-refractivity contribution in [1.29, 1.82) is 0 Å². The zero-order valence-electron chi connectivity index (χ0n) is 9.20. The fourth-order valence-corrected chi connectivity index (χ4v) is 1.82. The number of ether oxygens (including phenoxy) is 1. The van der Waals surface area contributed by atoms with Gasteiger partial charge in [-0.25, -0.2) is 4.39 Å². The second-order valence-corrected chi connectivity index (χ2v) is 4.18. The summed E-state index contributed by atoms with van der Waals surface area (Å²) in [6.45, 7) is 0. The van der Waals surface area contributed by atoms with Crippen molar-refractivity contribution in [3.05, 3.63) is 28.1 Å². The summed E-state index contributed by atoms with van der Waals surface area (Å²) in [5.74, 6) is -1.39. The molecule has 0 saturated carbocycles. The minimum Gasteiger partial charge on any atom is -0.493 e. The molecule has 6 nitrogen and oxygen atoms in total. The number of rotatable bonds is 3. The maximum Gasteiger partial charge on any atom is 0.271 e. The third-order valence-electron chi connectivity index (χ3n) is 2.29. The number of aromatic amines is 1. The number of nitrogens with zero attached hydrogens (tertiary/aromatic N) is 2. The Morgan fingerprint density at radius 1 is 1.50 bits per heavy atom. The SMILES string of the molecule is COc1c(-c2n[nH]nc2C(N)=O)ccc(Br)c1F. The molecule has 8 heteroatoms. The number of hydrogen-bond donors (Lipinski definition) is 2. The number of halogens is 2. The van der Waals surface area contributed by atoms with Crippen molar-refractivity contribution < 1.29 is 13.9 Å². The molecule has 0 aliphatic heterocycles. The van der Waals surface area contributed by atoms with E-state index >= 15 is 0 Å². The van der Waals surface area contributed by atoms with Gasteiger partial charge in [-0.2, -0.15) is 15.4 Å². The number of nitrogens with one attached hydrogen (secondary N) is 1. The number of nitrogens with two attached hydrogens (primary N) is 1. The fraction of sp³-hybridized carbons (Fsp3) is 0.100. The highest BCUT2D eigenvalue weighted by Crippen LogP contribution is 2.35. The van der Waals surface area contributed by atoms with Crippen molar-refractivity contribution in [3.8, 4) is 17.0 Å². The van der Waals surface area contributed by atoms with Gasteiger partial charge in [0.25, 0.3) is 5.91 Å². The minimum atomic E-state index is -0.760. The van der Waals surface area contributed by atoms with Crippen LogP contribution in [-0.2, 0) is 0 Å². The van der Waals surface area contributed by atoms with Crippen LogP contribution in [-0.4, -0.2) is 28.4 Å². The Morgan fingerprint density at radius 3 is 2.83 bits per heavy atom. The van der Waals surface area contributed by atoms with Crippen LogP contribution in [0.4, 0.5) is 4.39 Å². The Kier molecular flexibility index (Phi) is 3.28. The first-order valence-corrected chi connectivity index (χ1v) is 5.58. The number of primary amides is 1. The molecule has 94 valence electrons. The van der Waals surface area contributed by atoms with E-state index in [9.17, 15) is 9.18 Å². The van der Waals surface area contributed by atoms with Crippen molar-refractivity contribution in [2.45, 2.75) is 0 Å². The first kappa shape index (κ1) is 12.5. The van der Waals surface area contributed by atoms with Gasteiger partial charge in [0.1, 0.15) is 5.69 Å². The van der Waals surface area contributed by atoms with Crippen LogP contribution in [0.15, 0.2) is 16.6 Å². The lowest BCUT2D eigenvalue weighted by Crippen LogP contribution is -2.13. The number of hydrogen-bond acceptors (Lipinski definition) is 4. The number of H-pyrrole nitrogens is 1. The largest absolute Gasteiger partial charge is 0.493 e. The van der Waals surface area contributed by atoms with Gasteiger partial charge in [-0.1, -0.05) is 0 Å². The zero-order valence-corrected chi connectivity index (χ0v) is 10.8. The fourth-order valence-electron chi connectivity index (χ4n) is 1.51. The number of aromatic nitrogens is 3. The molecule has 1 aromatic carbocycles. The Labute approximate surface area is 109 Å². The van der Waals surface area contributed by atoms with Gasteiger partial charge in [0.2, 0.25) is 0 Å². The summed E-state index contributed by atoms with van der Waals surface area (Å²) in [7, 11) is 1.32. The molecule has 0 saturated heterocycles. The predicted molar refractivity (Wildman–Crippen MR) is 64.5 cm³/mol. The molecule has 0 unspecified atom stereocenters. The summed E-state index contributed by atoms with van der Waals surface area (Å²) >= 11 is 3.04. The highest BCUT2D eigenvalue weighted by molar-refractivity contribution is 9.10. The van der Waals surface area contributed by atoms with Crippen LogP contribution in [0.5, 0.6) is 5.75 Å². The lowest BCUT2D eigenvalue weighted by molar-refractivity contribution is 0.0996. The van der Waals surface area contributed by atoms with Crippen molar-refractivity contribution in [2.75, 3.05) is 7.11 Å². The molecule has 0 radical (unpaired) electrons. The second-order valence-electron chi connectivity index (χ2n) is 3.33. The van der Waals surface area contributed by atoms with E-state index in [1.165, 1.54) is 13.2 Å². The normalized spacial score (nSPS) is 10.4. The van der Waals surface area contributed by atoms with Gasteiger partial charge >= 0.3 is 0 Å². The van der Waals surface area contributed by atoms with Crippen LogP contribution in [0.25, 0.3) is 11.3 Å². The van der Waals surface area contributed by atoms with Crippen LogP contribution < -0.4 is 10.5 Å². The average molecular weight is 315 g/mol. The third kappa shape index (κ3) is 1.94. The van der Waals surface area contributed by atoms with Gasteiger partial charge in [0, 0.05) is 5.56 Å². The van der Waals surface area contributed by atoms with E-state index < -0.39 is 11.7 Å². The van der Waals surface area contributed by atoms with Crippen LogP contribution in [0.1, 0.15) is 10.5 Å². The quantitative estimate of drug-likeness (QED) is 0.897. The Hall–Kier alpha value is -1.96. The molecule has 2 rings (SSSR count). The van der Waals surface area contributed by atoms with E-state index in [1.807, 2.05) is 0 Å². The maximum atomic E-state index is 13.8. The number of amides is 1. The summed E-state index contributed by atoms with van der Waals surface area (Å²) in [4.78, 5) is 11.2. The summed E-state index contributed by atoms with van der Waals surface area (Å²) in [6, 6.07) is 3.03. The van der Waals surface area contributed by atoms with Crippen molar-refractivity contribution >= 4 is 21.8 Å². The summed E-state index contributed by atoms with van der Waals surface area (Å²) < 4.78 is 19.1. The van der Waals surface area contributed by atoms with Gasteiger partial charge in [0.15, 0.2) is 17.3 Å². The summed E-state index contributed by atoms with van der Waals surface area (Å²) in [5.41, 5.74) is 5.51. The molecule has 1 heterocycles. The molecular formula is C10H8BrFN4O2. The standard InChI is InChI=1S/C10H8BrFN4O2/c1-18-9-4(2-3-5(11)6(9)12)7-8(10(13)17)15-16-14-7/h2-3H,1H3,(H2,13,17)(H,14,15,16). The highest BCUT2D eigenvalue weighted by Gasteiger charge is 2.21. The Balaban J connectivity index is 2.68. The van der Waals surface area contributed by atoms with Crippen molar-refractivity contribution in [2.24, 2.45) is 5.73 Å². The maximum absolute atomic E-state index is 13.8. The summed E-state index contributed by atoms with van der Waals surface area (Å²) in [5, 5.41) is 9.68. The third-order valence-corrected chi connectivity index (χ3v) is 2.90. The number of carbonyl (C=O) groups excluding carboxylic acids is 1. The zero-order chi connectivity index (χ0) is 13.3. The molecule has 0 aliphatic carbocycles. The number of carbonyl (C=O) groups is 1. The second kappa shape index (κ2) is 4.73. The van der Waals surface area contributed by atoms with Crippen molar-refractivity contribution in [3.63, 3.8) is 0 Å². The first-order valence-electron chi connectivity index (χ1n) is 4.79. The van der Waals surface area contributed by atoms with E-state index in [-0.39, 0.29) is 21.6 Å². The molecule has 1 amide bonds. The van der Waals surface area contributed by atoms with E-state index in [0.29, 0.717) is 5.56 Å². The molecule has 3 N–H and O–H groups in total. The van der Waals surface area contributed by atoms with Gasteiger partial charge in [-0.15, -0.1) is 0 Å². The molecule has 2 aromatic rings. The topological polar surface area (TPSA) is 93.9 Å². The number of benzene rings is 1. The van der Waals surface area contributed by atoms with Crippen LogP contribution in [0, 0.1) is 5.82 Å². The molecule has 18 heavy (non-hydrogen) atoms. The number of methoxy groups -OCH3 is 1. The lowest BCUT2D eigenvalue weighted by Gasteiger charge is -2.08. The highest BCUT2D eigenvalue weighted by atomic mass is 79.9. The predicted octanol–water partition coefficient (Wildman–Crippen LogP) is 1.48. The molecular weight excluding hydrogens is 307 g/mol. The van der Waals surface area contributed by atoms with E-state index in [1.54, 1.807) is 6.07 Å². The average Bonchev–Trinajstić information content (AvgIpc) is 2.81. The minimum absolute atomic E-state index is 0.0409. The molecule has 0 bridgehead atoms. The van der Waals surface area contributed by atoms with Gasteiger partial charge in [-0.05, 0) is 28.1 Å². The smallest absolute Gasteiger partial charge is 0.271 e. The van der Waals surface area contributed by atoms with Crippen molar-refractivity contribution in [1.82, 2.24) is 15.4 Å². The van der Waals surface area contributed by atoms with E-state index in [2.05, 4.69) is 31.3 Å². The molecule has 0 aliphatic rings. The first-order chi connectivity index (χ1) is 8.56. The van der Waals surface area contributed by atoms with E-state index in [0.717, 1.165) is 0 Å². The summed E-state index contributed by atoms with van der Waals surface area (Å²) in [6.07, 6.45) is 0. The van der Waals surface area contributed by atoms with Crippen LogP contribution in [0.2, 0.25) is 0 Å². The van der Waals surface area contributed by atoms with Crippen LogP contribution >= 0.6 is 15.9 Å². The Bertz CT molecular complexity index is 614. The Morgan fingerprint density at radius 2 is 2.22 bits per heavy atom. The molecule has 0 spiro atoms.